The van der Waals surface area contributed by atoms with Crippen LogP contribution in [0, 0.1) is 10.1 Å². The smallest absolute Gasteiger partial charge is 0.269 e. The van der Waals surface area contributed by atoms with Crippen LogP contribution in [0.3, 0.4) is 0 Å². The molecule has 2 rings (SSSR count). The molecule has 0 saturated heterocycles. The highest BCUT2D eigenvalue weighted by Gasteiger charge is 2.05. The van der Waals surface area contributed by atoms with Crippen LogP contribution in [0.5, 0.6) is 0 Å². The first-order valence-electron chi connectivity index (χ1n) is 7.35. The van der Waals surface area contributed by atoms with Crippen LogP contribution in [-0.2, 0) is 10.5 Å². The van der Waals surface area contributed by atoms with Crippen molar-refractivity contribution >= 4 is 41.3 Å². The number of carbonyl (C=O) groups excluding carboxylic acids is 1. The Morgan fingerprint density at radius 3 is 2.48 bits per heavy atom. The molecule has 1 amide bonds. The first-order chi connectivity index (χ1) is 12.1. The number of nitro benzene ring substituents is 1. The molecule has 0 heterocycles. The van der Waals surface area contributed by atoms with Gasteiger partial charge in [-0.1, -0.05) is 24.3 Å². The van der Waals surface area contributed by atoms with Gasteiger partial charge in [0.05, 0.1) is 16.9 Å². The summed E-state index contributed by atoms with van der Waals surface area (Å²) in [5.41, 5.74) is 4.39. The zero-order chi connectivity index (χ0) is 18.1. The Kier molecular flexibility index (Phi) is 7.49. The molecule has 8 heteroatoms. The highest BCUT2D eigenvalue weighted by Crippen LogP contribution is 2.16. The van der Waals surface area contributed by atoms with Crippen molar-refractivity contribution in [2.75, 3.05) is 12.0 Å². The van der Waals surface area contributed by atoms with Crippen LogP contribution < -0.4 is 5.43 Å². The van der Waals surface area contributed by atoms with Gasteiger partial charge in [-0.2, -0.15) is 5.10 Å². The highest BCUT2D eigenvalue weighted by molar-refractivity contribution is 7.99. The number of hydrogen-bond acceptors (Lipinski definition) is 6. The zero-order valence-corrected chi connectivity index (χ0v) is 15.2. The lowest BCUT2D eigenvalue weighted by Crippen LogP contribution is -2.19. The second-order valence-corrected chi connectivity index (χ2v) is 6.85. The van der Waals surface area contributed by atoms with E-state index in [-0.39, 0.29) is 17.3 Å². The fraction of sp³-hybridized carbons (Fsp3) is 0.176. The van der Waals surface area contributed by atoms with Crippen molar-refractivity contribution in [2.45, 2.75) is 10.6 Å². The topological polar surface area (TPSA) is 84.6 Å². The van der Waals surface area contributed by atoms with E-state index in [0.29, 0.717) is 5.75 Å². The monoisotopic (exact) mass is 375 g/mol. The lowest BCUT2D eigenvalue weighted by atomic mass is 10.2. The van der Waals surface area contributed by atoms with E-state index >= 15 is 0 Å². The third kappa shape index (κ3) is 6.60. The molecule has 0 bridgehead atoms. The van der Waals surface area contributed by atoms with E-state index in [1.807, 2.05) is 30.5 Å². The van der Waals surface area contributed by atoms with Crippen LogP contribution in [-0.4, -0.2) is 29.1 Å². The van der Waals surface area contributed by atoms with Crippen molar-refractivity contribution in [1.82, 2.24) is 5.43 Å². The Morgan fingerprint density at radius 2 is 1.88 bits per heavy atom. The molecule has 25 heavy (non-hydrogen) atoms. The number of hydrogen-bond donors (Lipinski definition) is 1. The molecular formula is C17H17N3O3S2. The van der Waals surface area contributed by atoms with Crippen molar-refractivity contribution in [2.24, 2.45) is 5.10 Å². The third-order valence-corrected chi connectivity index (χ3v) is 4.92. The SMILES string of the molecule is CSc1ccc(C=NNC(=O)CSCc2ccc([N+](=O)[O-])cc2)cc1. The molecular weight excluding hydrogens is 358 g/mol. The predicted octanol–water partition coefficient (Wildman–Crippen LogP) is 3.70. The fourth-order valence-corrected chi connectivity index (χ4v) is 3.06. The van der Waals surface area contributed by atoms with Crippen LogP contribution in [0.2, 0.25) is 0 Å². The van der Waals surface area contributed by atoms with Crippen LogP contribution in [0.4, 0.5) is 5.69 Å². The molecule has 0 aliphatic rings. The minimum absolute atomic E-state index is 0.0615. The van der Waals surface area contributed by atoms with Gasteiger partial charge in [0.2, 0.25) is 5.91 Å². The maximum Gasteiger partial charge on any atom is 0.269 e. The third-order valence-electron chi connectivity index (χ3n) is 3.17. The minimum Gasteiger partial charge on any atom is -0.272 e. The number of nitrogens with one attached hydrogen (secondary N) is 1. The molecule has 2 aromatic rings. The summed E-state index contributed by atoms with van der Waals surface area (Å²) in [6.45, 7) is 0. The van der Waals surface area contributed by atoms with Crippen LogP contribution in [0.1, 0.15) is 11.1 Å². The molecule has 1 N–H and O–H groups in total. The number of rotatable bonds is 8. The lowest BCUT2D eigenvalue weighted by Gasteiger charge is -2.02. The molecule has 0 radical (unpaired) electrons. The molecule has 0 atom stereocenters. The predicted molar refractivity (Wildman–Crippen MR) is 103 cm³/mol. The van der Waals surface area contributed by atoms with Crippen LogP contribution >= 0.6 is 23.5 Å². The zero-order valence-electron chi connectivity index (χ0n) is 13.5. The second-order valence-electron chi connectivity index (χ2n) is 4.98. The van der Waals surface area contributed by atoms with Crippen molar-refractivity contribution in [3.05, 3.63) is 69.8 Å². The summed E-state index contributed by atoms with van der Waals surface area (Å²) in [6, 6.07) is 14.2. The van der Waals surface area contributed by atoms with Crippen molar-refractivity contribution in [3.8, 4) is 0 Å². The molecule has 130 valence electrons. The highest BCUT2D eigenvalue weighted by atomic mass is 32.2. The summed E-state index contributed by atoms with van der Waals surface area (Å²) in [6.07, 6.45) is 3.61. The van der Waals surface area contributed by atoms with E-state index in [2.05, 4.69) is 10.5 Å². The van der Waals surface area contributed by atoms with E-state index in [9.17, 15) is 14.9 Å². The average molecular weight is 375 g/mol. The molecule has 0 saturated carbocycles. The average Bonchev–Trinajstić information content (AvgIpc) is 2.63. The molecule has 0 aromatic heterocycles. The molecule has 6 nitrogen and oxygen atoms in total. The van der Waals surface area contributed by atoms with Crippen molar-refractivity contribution in [3.63, 3.8) is 0 Å². The Hall–Kier alpha value is -2.32. The molecule has 2 aromatic carbocycles. The lowest BCUT2D eigenvalue weighted by molar-refractivity contribution is -0.384. The number of nitrogens with zero attached hydrogens (tertiary/aromatic N) is 2. The molecule has 0 fully saturated rings. The van der Waals surface area contributed by atoms with E-state index in [4.69, 9.17) is 0 Å². The summed E-state index contributed by atoms with van der Waals surface area (Å²) in [5.74, 6) is 0.675. The Balaban J connectivity index is 1.71. The normalized spacial score (nSPS) is 10.8. The van der Waals surface area contributed by atoms with Crippen LogP contribution in [0.25, 0.3) is 0 Å². The van der Waals surface area contributed by atoms with Crippen molar-refractivity contribution < 1.29 is 9.72 Å². The number of amides is 1. The largest absolute Gasteiger partial charge is 0.272 e. The number of benzene rings is 2. The maximum absolute atomic E-state index is 11.7. The second kappa shape index (κ2) is 9.85. The molecule has 0 spiro atoms. The van der Waals surface area contributed by atoms with Crippen LogP contribution in [0.15, 0.2) is 58.5 Å². The molecule has 0 aliphatic heterocycles. The fourth-order valence-electron chi connectivity index (χ4n) is 1.88. The van der Waals surface area contributed by atoms with E-state index in [1.165, 1.54) is 28.8 Å². The van der Waals surface area contributed by atoms with Gasteiger partial charge in [0.15, 0.2) is 0 Å². The Morgan fingerprint density at radius 1 is 1.20 bits per heavy atom. The number of carbonyl (C=O) groups is 1. The summed E-state index contributed by atoms with van der Waals surface area (Å²) < 4.78 is 0. The summed E-state index contributed by atoms with van der Waals surface area (Å²) in [5, 5.41) is 14.5. The standard InChI is InChI=1S/C17H17N3O3S2/c1-24-16-8-4-13(5-9-16)10-18-19-17(21)12-25-11-14-2-6-15(7-3-14)20(22)23/h2-10H,11-12H2,1H3,(H,19,21). The number of hydrazone groups is 1. The van der Waals surface area contributed by atoms with Gasteiger partial charge in [0, 0.05) is 22.8 Å². The van der Waals surface area contributed by atoms with Crippen molar-refractivity contribution in [1.29, 1.82) is 0 Å². The van der Waals surface area contributed by atoms with E-state index in [1.54, 1.807) is 30.1 Å². The number of non-ortho nitro benzene ring substituents is 1. The van der Waals surface area contributed by atoms with Gasteiger partial charge in [0.1, 0.15) is 0 Å². The van der Waals surface area contributed by atoms with Gasteiger partial charge >= 0.3 is 0 Å². The van der Waals surface area contributed by atoms with E-state index < -0.39 is 4.92 Å². The maximum atomic E-state index is 11.7. The molecule has 0 unspecified atom stereocenters. The van der Waals surface area contributed by atoms with Gasteiger partial charge in [-0.3, -0.25) is 14.9 Å². The number of nitro groups is 1. The van der Waals surface area contributed by atoms with Gasteiger partial charge < -0.3 is 0 Å². The first kappa shape index (κ1) is 19.0. The summed E-state index contributed by atoms with van der Waals surface area (Å²) >= 11 is 3.09. The Bertz CT molecular complexity index is 747. The van der Waals surface area contributed by atoms with Gasteiger partial charge in [-0.25, -0.2) is 5.43 Å². The summed E-state index contributed by atoms with van der Waals surface area (Å²) in [4.78, 5) is 23.0. The summed E-state index contributed by atoms with van der Waals surface area (Å²) in [7, 11) is 0. The quantitative estimate of drug-likeness (QED) is 0.329. The van der Waals surface area contributed by atoms with Gasteiger partial charge in [0.25, 0.3) is 5.69 Å². The van der Waals surface area contributed by atoms with Gasteiger partial charge in [-0.05, 0) is 29.5 Å². The minimum atomic E-state index is -0.434. The molecule has 0 aliphatic carbocycles. The number of thioether (sulfide) groups is 2. The van der Waals surface area contributed by atoms with E-state index in [0.717, 1.165) is 11.1 Å². The Labute approximate surface area is 154 Å². The van der Waals surface area contributed by atoms with Gasteiger partial charge in [-0.15, -0.1) is 23.5 Å². The first-order valence-corrected chi connectivity index (χ1v) is 9.73.